The summed E-state index contributed by atoms with van der Waals surface area (Å²) < 4.78 is 0. The van der Waals surface area contributed by atoms with E-state index in [1.54, 1.807) is 0 Å². The lowest BCUT2D eigenvalue weighted by molar-refractivity contribution is 0.482. The van der Waals surface area contributed by atoms with Crippen LogP contribution in [0.3, 0.4) is 0 Å². The number of halogens is 1. The van der Waals surface area contributed by atoms with E-state index in [1.165, 1.54) is 17.7 Å². The molecular formula is C11H16ClN. The Hall–Kier alpha value is -0.690. The molecule has 0 saturated carbocycles. The van der Waals surface area contributed by atoms with Crippen molar-refractivity contribution in [1.29, 1.82) is 0 Å². The molecule has 1 aromatic rings. The summed E-state index contributed by atoms with van der Waals surface area (Å²) in [5.41, 5.74) is 3.12. The molecule has 0 amide bonds. The predicted octanol–water partition coefficient (Wildman–Crippen LogP) is 3.20. The summed E-state index contributed by atoms with van der Waals surface area (Å²) in [6, 6.07) is 8.60. The summed E-state index contributed by atoms with van der Waals surface area (Å²) in [5.74, 6) is 0. The molecule has 0 aliphatic carbocycles. The first-order valence-electron chi connectivity index (χ1n) is 4.53. The molecule has 0 radical (unpaired) electrons. The van der Waals surface area contributed by atoms with Crippen LogP contribution in [0, 0.1) is 0 Å². The van der Waals surface area contributed by atoms with Crippen LogP contribution in [0.15, 0.2) is 24.3 Å². The summed E-state index contributed by atoms with van der Waals surface area (Å²) >= 11 is 0. The number of para-hydroxylation sites is 1. The Kier molecular flexibility index (Phi) is 2.87. The zero-order valence-electron chi connectivity index (χ0n) is 8.13. The number of hydrogen-bond acceptors (Lipinski definition) is 1. The highest BCUT2D eigenvalue weighted by atomic mass is 35.5. The molecule has 2 rings (SSSR count). The van der Waals surface area contributed by atoms with E-state index >= 15 is 0 Å². The first-order valence-corrected chi connectivity index (χ1v) is 4.53. The maximum absolute atomic E-state index is 3.42. The topological polar surface area (TPSA) is 12.0 Å². The van der Waals surface area contributed by atoms with Crippen LogP contribution < -0.4 is 5.32 Å². The van der Waals surface area contributed by atoms with Crippen molar-refractivity contribution in [2.24, 2.45) is 0 Å². The SMILES string of the molecule is CC1(C)CCNc2ccccc21.Cl. The molecule has 2 heteroatoms. The monoisotopic (exact) mass is 197 g/mol. The number of fused-ring (bicyclic) bond motifs is 1. The van der Waals surface area contributed by atoms with Crippen molar-refractivity contribution in [1.82, 2.24) is 0 Å². The van der Waals surface area contributed by atoms with Gasteiger partial charge in [-0.3, -0.25) is 0 Å². The highest BCUT2D eigenvalue weighted by Gasteiger charge is 2.26. The minimum atomic E-state index is 0. The minimum absolute atomic E-state index is 0. The average molecular weight is 198 g/mol. The summed E-state index contributed by atoms with van der Waals surface area (Å²) in [6.07, 6.45) is 1.23. The standard InChI is InChI=1S/C11H15N.ClH/c1-11(2)7-8-12-10-6-4-3-5-9(10)11;/h3-6,12H,7-8H2,1-2H3;1H. The van der Waals surface area contributed by atoms with Crippen LogP contribution in [0.4, 0.5) is 5.69 Å². The molecule has 1 aliphatic rings. The molecule has 13 heavy (non-hydrogen) atoms. The van der Waals surface area contributed by atoms with Gasteiger partial charge in [-0.25, -0.2) is 0 Å². The Morgan fingerprint density at radius 3 is 2.62 bits per heavy atom. The van der Waals surface area contributed by atoms with Crippen LogP contribution in [0.25, 0.3) is 0 Å². The third-order valence-electron chi connectivity index (χ3n) is 2.72. The van der Waals surface area contributed by atoms with Crippen molar-refractivity contribution in [3.63, 3.8) is 0 Å². The lowest BCUT2D eigenvalue weighted by Crippen LogP contribution is -2.27. The van der Waals surface area contributed by atoms with E-state index in [-0.39, 0.29) is 12.4 Å². The van der Waals surface area contributed by atoms with Crippen molar-refractivity contribution in [3.05, 3.63) is 29.8 Å². The van der Waals surface area contributed by atoms with Crippen LogP contribution in [0.5, 0.6) is 0 Å². The summed E-state index contributed by atoms with van der Waals surface area (Å²) in [4.78, 5) is 0. The van der Waals surface area contributed by atoms with Gasteiger partial charge in [0.15, 0.2) is 0 Å². The van der Waals surface area contributed by atoms with Crippen molar-refractivity contribution < 1.29 is 0 Å². The quantitative estimate of drug-likeness (QED) is 0.674. The fourth-order valence-electron chi connectivity index (χ4n) is 1.87. The molecule has 0 bridgehead atoms. The number of anilines is 1. The highest BCUT2D eigenvalue weighted by Crippen LogP contribution is 2.35. The Morgan fingerprint density at radius 2 is 1.92 bits per heavy atom. The van der Waals surface area contributed by atoms with Gasteiger partial charge in [0.25, 0.3) is 0 Å². The molecule has 0 saturated heterocycles. The van der Waals surface area contributed by atoms with Crippen molar-refractivity contribution in [3.8, 4) is 0 Å². The number of hydrogen-bond donors (Lipinski definition) is 1. The normalized spacial score (nSPS) is 18.0. The predicted molar refractivity (Wildman–Crippen MR) is 59.8 cm³/mol. The number of nitrogens with one attached hydrogen (secondary N) is 1. The van der Waals surface area contributed by atoms with E-state index < -0.39 is 0 Å². The van der Waals surface area contributed by atoms with E-state index in [1.807, 2.05) is 0 Å². The number of rotatable bonds is 0. The van der Waals surface area contributed by atoms with E-state index in [4.69, 9.17) is 0 Å². The zero-order chi connectivity index (χ0) is 8.60. The highest BCUT2D eigenvalue weighted by molar-refractivity contribution is 5.85. The van der Waals surface area contributed by atoms with Crippen LogP contribution in [-0.4, -0.2) is 6.54 Å². The van der Waals surface area contributed by atoms with Crippen LogP contribution in [-0.2, 0) is 5.41 Å². The van der Waals surface area contributed by atoms with Gasteiger partial charge in [0, 0.05) is 12.2 Å². The molecular weight excluding hydrogens is 182 g/mol. The third kappa shape index (κ3) is 1.80. The van der Waals surface area contributed by atoms with E-state index in [2.05, 4.69) is 43.4 Å². The summed E-state index contributed by atoms with van der Waals surface area (Å²) in [7, 11) is 0. The smallest absolute Gasteiger partial charge is 0.0378 e. The average Bonchev–Trinajstić information content (AvgIpc) is 2.04. The zero-order valence-corrected chi connectivity index (χ0v) is 8.95. The Bertz CT molecular complexity index is 294. The molecule has 1 aliphatic heterocycles. The molecule has 0 atom stereocenters. The van der Waals surface area contributed by atoms with Crippen LogP contribution >= 0.6 is 12.4 Å². The van der Waals surface area contributed by atoms with E-state index in [0.29, 0.717) is 5.41 Å². The molecule has 1 nitrogen and oxygen atoms in total. The molecule has 0 aromatic heterocycles. The maximum Gasteiger partial charge on any atom is 0.0378 e. The Labute approximate surface area is 86.0 Å². The molecule has 72 valence electrons. The van der Waals surface area contributed by atoms with Gasteiger partial charge in [-0.15, -0.1) is 12.4 Å². The van der Waals surface area contributed by atoms with E-state index in [9.17, 15) is 0 Å². The minimum Gasteiger partial charge on any atom is -0.385 e. The van der Waals surface area contributed by atoms with Gasteiger partial charge >= 0.3 is 0 Å². The molecule has 0 unspecified atom stereocenters. The third-order valence-corrected chi connectivity index (χ3v) is 2.72. The maximum atomic E-state index is 3.42. The van der Waals surface area contributed by atoms with Crippen molar-refractivity contribution in [2.75, 3.05) is 11.9 Å². The summed E-state index contributed by atoms with van der Waals surface area (Å²) in [5, 5.41) is 3.42. The van der Waals surface area contributed by atoms with Gasteiger partial charge in [-0.1, -0.05) is 32.0 Å². The second-order valence-electron chi connectivity index (χ2n) is 4.11. The van der Waals surface area contributed by atoms with Gasteiger partial charge in [0.2, 0.25) is 0 Å². The first-order chi connectivity index (χ1) is 5.70. The molecule has 1 aromatic carbocycles. The molecule has 1 heterocycles. The van der Waals surface area contributed by atoms with Gasteiger partial charge in [-0.05, 0) is 23.5 Å². The van der Waals surface area contributed by atoms with Crippen LogP contribution in [0.1, 0.15) is 25.8 Å². The lowest BCUT2D eigenvalue weighted by atomic mass is 9.78. The first kappa shape index (κ1) is 10.4. The van der Waals surface area contributed by atoms with E-state index in [0.717, 1.165) is 6.54 Å². The van der Waals surface area contributed by atoms with Crippen molar-refractivity contribution in [2.45, 2.75) is 25.7 Å². The second kappa shape index (κ2) is 3.59. The summed E-state index contributed by atoms with van der Waals surface area (Å²) in [6.45, 7) is 5.73. The molecule has 1 N–H and O–H groups in total. The van der Waals surface area contributed by atoms with Gasteiger partial charge in [0.05, 0.1) is 0 Å². The van der Waals surface area contributed by atoms with Crippen LogP contribution in [0.2, 0.25) is 0 Å². The molecule has 0 spiro atoms. The molecule has 0 fully saturated rings. The van der Waals surface area contributed by atoms with Crippen molar-refractivity contribution >= 4 is 18.1 Å². The lowest BCUT2D eigenvalue weighted by Gasteiger charge is -2.33. The van der Waals surface area contributed by atoms with Gasteiger partial charge in [-0.2, -0.15) is 0 Å². The number of benzene rings is 1. The van der Waals surface area contributed by atoms with Gasteiger partial charge in [0.1, 0.15) is 0 Å². The second-order valence-corrected chi connectivity index (χ2v) is 4.11. The fraction of sp³-hybridized carbons (Fsp3) is 0.455. The largest absolute Gasteiger partial charge is 0.385 e. The Morgan fingerprint density at radius 1 is 1.23 bits per heavy atom. The fourth-order valence-corrected chi connectivity index (χ4v) is 1.87. The van der Waals surface area contributed by atoms with Gasteiger partial charge < -0.3 is 5.32 Å². The Balaban J connectivity index is 0.000000845.